The lowest BCUT2D eigenvalue weighted by molar-refractivity contribution is -0.121. The topological polar surface area (TPSA) is 78.6 Å². The Hall–Kier alpha value is -1.43. The zero-order valence-corrected chi connectivity index (χ0v) is 13.2. The number of benzene rings is 1. The van der Waals surface area contributed by atoms with Crippen LogP contribution in [0.4, 0.5) is 5.69 Å². The number of hydrogen-bond donors (Lipinski definition) is 3. The van der Waals surface area contributed by atoms with E-state index in [1.54, 1.807) is 0 Å². The highest BCUT2D eigenvalue weighted by molar-refractivity contribution is 5.94. The molecule has 1 rings (SSSR count). The molecule has 1 aromatic carbocycles. The van der Waals surface area contributed by atoms with E-state index in [9.17, 15) is 4.79 Å². The molecular weight excluding hydrogens is 266 g/mol. The number of nitrogens with one attached hydrogen (secondary N) is 1. The van der Waals surface area contributed by atoms with E-state index in [0.29, 0.717) is 19.5 Å². The fourth-order valence-corrected chi connectivity index (χ4v) is 2.33. The number of anilines is 1. The van der Waals surface area contributed by atoms with Crippen LogP contribution in [-0.2, 0) is 11.3 Å². The van der Waals surface area contributed by atoms with Gasteiger partial charge in [-0.15, -0.1) is 0 Å². The van der Waals surface area contributed by atoms with Crippen LogP contribution in [0.25, 0.3) is 0 Å². The summed E-state index contributed by atoms with van der Waals surface area (Å²) in [6.45, 7) is 7.28. The summed E-state index contributed by atoms with van der Waals surface area (Å²) in [5.74, 6) is -0.0455. The van der Waals surface area contributed by atoms with Gasteiger partial charge in [-0.2, -0.15) is 0 Å². The molecule has 0 radical (unpaired) electrons. The van der Waals surface area contributed by atoms with Gasteiger partial charge in [-0.1, -0.05) is 12.1 Å². The lowest BCUT2D eigenvalue weighted by atomic mass is 10.1. The number of aliphatic hydroxyl groups is 1. The molecule has 1 amide bonds. The molecule has 5 heteroatoms. The van der Waals surface area contributed by atoms with Crippen molar-refractivity contribution in [1.29, 1.82) is 0 Å². The first-order valence-electron chi connectivity index (χ1n) is 7.46. The molecule has 0 bridgehead atoms. The van der Waals surface area contributed by atoms with E-state index in [0.717, 1.165) is 11.3 Å². The van der Waals surface area contributed by atoms with Gasteiger partial charge in [-0.25, -0.2) is 0 Å². The molecule has 1 unspecified atom stereocenters. The van der Waals surface area contributed by atoms with E-state index in [1.165, 1.54) is 0 Å². The average molecular weight is 293 g/mol. The molecule has 0 fully saturated rings. The Morgan fingerprint density at radius 2 is 2.10 bits per heavy atom. The summed E-state index contributed by atoms with van der Waals surface area (Å²) < 4.78 is 0. The maximum atomic E-state index is 12.4. The van der Waals surface area contributed by atoms with Crippen LogP contribution in [0.2, 0.25) is 0 Å². The Bertz CT molecular complexity index is 449. The third-order valence-electron chi connectivity index (χ3n) is 3.54. The monoisotopic (exact) mass is 293 g/mol. The van der Waals surface area contributed by atoms with Crippen molar-refractivity contribution in [2.75, 3.05) is 18.5 Å². The van der Waals surface area contributed by atoms with Crippen LogP contribution in [0.15, 0.2) is 24.3 Å². The molecule has 1 atom stereocenters. The van der Waals surface area contributed by atoms with Crippen LogP contribution in [0.1, 0.15) is 32.8 Å². The van der Waals surface area contributed by atoms with Gasteiger partial charge >= 0.3 is 0 Å². The molecule has 0 aliphatic carbocycles. The molecular formula is C16H27N3O2. The molecule has 5 nitrogen and oxygen atoms in total. The lowest BCUT2D eigenvalue weighted by Gasteiger charge is -2.31. The molecule has 118 valence electrons. The fraction of sp³-hybridized carbons (Fsp3) is 0.562. The van der Waals surface area contributed by atoms with Crippen LogP contribution in [0.3, 0.4) is 0 Å². The zero-order valence-electron chi connectivity index (χ0n) is 13.2. The number of carbonyl (C=O) groups excluding carboxylic acids is 1. The van der Waals surface area contributed by atoms with Crippen molar-refractivity contribution in [3.63, 3.8) is 0 Å². The Morgan fingerprint density at radius 3 is 2.67 bits per heavy atom. The number of aliphatic hydroxyl groups excluding tert-OH is 1. The number of nitrogens with zero attached hydrogens (tertiary/aromatic N) is 1. The van der Waals surface area contributed by atoms with Crippen molar-refractivity contribution in [2.45, 2.75) is 45.8 Å². The molecule has 0 spiro atoms. The second-order valence-electron chi connectivity index (χ2n) is 5.48. The minimum Gasteiger partial charge on any atom is -0.396 e. The van der Waals surface area contributed by atoms with E-state index >= 15 is 0 Å². The van der Waals surface area contributed by atoms with Gasteiger partial charge in [0.25, 0.3) is 0 Å². The van der Waals surface area contributed by atoms with Gasteiger partial charge in [0.05, 0.1) is 6.04 Å². The summed E-state index contributed by atoms with van der Waals surface area (Å²) in [7, 11) is 0. The van der Waals surface area contributed by atoms with Crippen LogP contribution < -0.4 is 11.1 Å². The molecule has 21 heavy (non-hydrogen) atoms. The first-order valence-corrected chi connectivity index (χ1v) is 7.46. The molecule has 0 saturated heterocycles. The van der Waals surface area contributed by atoms with Crippen molar-refractivity contribution in [3.8, 4) is 0 Å². The summed E-state index contributed by atoms with van der Waals surface area (Å²) in [6, 6.07) is 7.55. The quantitative estimate of drug-likeness (QED) is 0.680. The highest BCUT2D eigenvalue weighted by Crippen LogP contribution is 2.13. The second-order valence-corrected chi connectivity index (χ2v) is 5.48. The molecule has 0 aliphatic heterocycles. The smallest absolute Gasteiger partial charge is 0.241 e. The van der Waals surface area contributed by atoms with E-state index in [4.69, 9.17) is 10.8 Å². The standard InChI is InChI=1S/C16H27N3O2/c1-12(2)19(8-5-9-20)13(3)16(21)18-15-7-4-6-14(10-15)11-17/h4,6-7,10,12-13,20H,5,8-9,11,17H2,1-3H3,(H,18,21). The molecule has 0 saturated carbocycles. The summed E-state index contributed by atoms with van der Waals surface area (Å²) in [5, 5.41) is 11.9. The fourth-order valence-electron chi connectivity index (χ4n) is 2.33. The van der Waals surface area contributed by atoms with Crippen molar-refractivity contribution in [2.24, 2.45) is 5.73 Å². The third kappa shape index (κ3) is 5.46. The minimum absolute atomic E-state index is 0.0455. The van der Waals surface area contributed by atoms with E-state index < -0.39 is 0 Å². The molecule has 0 aliphatic rings. The Morgan fingerprint density at radius 1 is 1.38 bits per heavy atom. The number of hydrogen-bond acceptors (Lipinski definition) is 4. The van der Waals surface area contributed by atoms with Gasteiger partial charge < -0.3 is 16.2 Å². The maximum Gasteiger partial charge on any atom is 0.241 e. The van der Waals surface area contributed by atoms with Crippen LogP contribution in [-0.4, -0.2) is 41.1 Å². The molecule has 0 aromatic heterocycles. The molecule has 0 heterocycles. The molecule has 4 N–H and O–H groups in total. The minimum atomic E-state index is -0.252. The van der Waals surface area contributed by atoms with Gasteiger partial charge in [-0.3, -0.25) is 9.69 Å². The van der Waals surface area contributed by atoms with Crippen LogP contribution >= 0.6 is 0 Å². The number of nitrogens with two attached hydrogens (primary N) is 1. The molecule has 1 aromatic rings. The second kappa shape index (κ2) is 8.77. The Kier molecular flexibility index (Phi) is 7.36. The Balaban J connectivity index is 2.71. The van der Waals surface area contributed by atoms with Gasteiger partial charge in [0.15, 0.2) is 0 Å². The van der Waals surface area contributed by atoms with E-state index in [-0.39, 0.29) is 24.6 Å². The van der Waals surface area contributed by atoms with E-state index in [2.05, 4.69) is 24.1 Å². The number of carbonyl (C=O) groups is 1. The highest BCUT2D eigenvalue weighted by atomic mass is 16.3. The summed E-state index contributed by atoms with van der Waals surface area (Å²) in [6.07, 6.45) is 0.665. The first kappa shape index (κ1) is 17.6. The zero-order chi connectivity index (χ0) is 15.8. The first-order chi connectivity index (χ1) is 9.99. The predicted octanol–water partition coefficient (Wildman–Crippen LogP) is 1.57. The van der Waals surface area contributed by atoms with Gasteiger partial charge in [0, 0.05) is 31.4 Å². The Labute approximate surface area is 127 Å². The van der Waals surface area contributed by atoms with Crippen molar-refractivity contribution in [1.82, 2.24) is 4.90 Å². The van der Waals surface area contributed by atoms with E-state index in [1.807, 2.05) is 31.2 Å². The highest BCUT2D eigenvalue weighted by Gasteiger charge is 2.23. The summed E-state index contributed by atoms with van der Waals surface area (Å²) in [4.78, 5) is 14.5. The SMILES string of the molecule is CC(C)N(CCCO)C(C)C(=O)Nc1cccc(CN)c1. The van der Waals surface area contributed by atoms with Crippen LogP contribution in [0.5, 0.6) is 0 Å². The third-order valence-corrected chi connectivity index (χ3v) is 3.54. The van der Waals surface area contributed by atoms with Crippen molar-refractivity contribution >= 4 is 11.6 Å². The lowest BCUT2D eigenvalue weighted by Crippen LogP contribution is -2.46. The predicted molar refractivity (Wildman–Crippen MR) is 86.0 cm³/mol. The normalized spacial score (nSPS) is 12.7. The van der Waals surface area contributed by atoms with Crippen LogP contribution in [0, 0.1) is 0 Å². The summed E-state index contributed by atoms with van der Waals surface area (Å²) in [5.41, 5.74) is 7.36. The van der Waals surface area contributed by atoms with Crippen molar-refractivity contribution in [3.05, 3.63) is 29.8 Å². The largest absolute Gasteiger partial charge is 0.396 e. The number of rotatable bonds is 8. The van der Waals surface area contributed by atoms with Gasteiger partial charge in [0.2, 0.25) is 5.91 Å². The van der Waals surface area contributed by atoms with Gasteiger partial charge in [-0.05, 0) is 44.9 Å². The van der Waals surface area contributed by atoms with Gasteiger partial charge in [0.1, 0.15) is 0 Å². The summed E-state index contributed by atoms with van der Waals surface area (Å²) >= 11 is 0. The number of amides is 1. The average Bonchev–Trinajstić information content (AvgIpc) is 2.47. The van der Waals surface area contributed by atoms with Crippen molar-refractivity contribution < 1.29 is 9.90 Å². The maximum absolute atomic E-state index is 12.4.